The maximum atomic E-state index is 12.0. The van der Waals surface area contributed by atoms with Gasteiger partial charge in [-0.25, -0.2) is 0 Å². The molecule has 0 unspecified atom stereocenters. The highest BCUT2D eigenvalue weighted by molar-refractivity contribution is 5.96. The molecule has 0 atom stereocenters. The summed E-state index contributed by atoms with van der Waals surface area (Å²) < 4.78 is 0. The summed E-state index contributed by atoms with van der Waals surface area (Å²) in [5, 5.41) is 8.50. The van der Waals surface area contributed by atoms with Gasteiger partial charge >= 0.3 is 5.97 Å². The first-order chi connectivity index (χ1) is 9.00. The first-order valence-electron chi connectivity index (χ1n) is 6.83. The summed E-state index contributed by atoms with van der Waals surface area (Å²) in [6.07, 6.45) is 4.12. The lowest BCUT2D eigenvalue weighted by Crippen LogP contribution is -2.00. The van der Waals surface area contributed by atoms with Gasteiger partial charge in [0.2, 0.25) is 0 Å². The molecule has 0 amide bonds. The number of unbranched alkanes of at least 4 members (excludes halogenated alkanes) is 3. The zero-order valence-electron chi connectivity index (χ0n) is 11.7. The van der Waals surface area contributed by atoms with Crippen molar-refractivity contribution >= 4 is 11.8 Å². The summed E-state index contributed by atoms with van der Waals surface area (Å²) in [6.45, 7) is 4.05. The molecular weight excluding hydrogens is 240 g/mol. The van der Waals surface area contributed by atoms with E-state index in [0.717, 1.165) is 30.4 Å². The number of carboxylic acids is 1. The molecule has 1 aromatic rings. The Kier molecular flexibility index (Phi) is 6.26. The Bertz CT molecular complexity index is 449. The van der Waals surface area contributed by atoms with E-state index in [1.165, 1.54) is 5.56 Å². The first-order valence-corrected chi connectivity index (χ1v) is 6.83. The van der Waals surface area contributed by atoms with Crippen LogP contribution in [0.15, 0.2) is 18.2 Å². The molecular formula is C16H22O3. The fourth-order valence-electron chi connectivity index (χ4n) is 1.97. The molecule has 0 aromatic heterocycles. The van der Waals surface area contributed by atoms with Gasteiger partial charge in [-0.1, -0.05) is 25.0 Å². The van der Waals surface area contributed by atoms with Crippen LogP contribution in [-0.2, 0) is 4.79 Å². The van der Waals surface area contributed by atoms with Crippen LogP contribution < -0.4 is 0 Å². The Hall–Kier alpha value is -1.64. The maximum Gasteiger partial charge on any atom is 0.303 e. The quantitative estimate of drug-likeness (QED) is 0.571. The number of ketones is 1. The molecule has 0 spiro atoms. The summed E-state index contributed by atoms with van der Waals surface area (Å²) in [6, 6.07) is 5.81. The number of carbonyl (C=O) groups excluding carboxylic acids is 1. The summed E-state index contributed by atoms with van der Waals surface area (Å²) in [5.41, 5.74) is 3.13. The number of carbonyl (C=O) groups is 2. The second-order valence-corrected chi connectivity index (χ2v) is 5.03. The van der Waals surface area contributed by atoms with Crippen molar-refractivity contribution in [3.63, 3.8) is 0 Å². The molecule has 0 saturated carbocycles. The normalized spacial score (nSPS) is 10.4. The molecule has 0 radical (unpaired) electrons. The smallest absolute Gasteiger partial charge is 0.303 e. The van der Waals surface area contributed by atoms with E-state index < -0.39 is 5.97 Å². The highest BCUT2D eigenvalue weighted by Gasteiger charge is 2.06. The third-order valence-electron chi connectivity index (χ3n) is 3.37. The van der Waals surface area contributed by atoms with E-state index in [1.54, 1.807) is 0 Å². The van der Waals surface area contributed by atoms with Crippen LogP contribution >= 0.6 is 0 Å². The highest BCUT2D eigenvalue weighted by Crippen LogP contribution is 2.14. The Morgan fingerprint density at radius 2 is 1.58 bits per heavy atom. The molecule has 3 nitrogen and oxygen atoms in total. The van der Waals surface area contributed by atoms with Gasteiger partial charge in [0.15, 0.2) is 5.78 Å². The molecule has 0 aliphatic heterocycles. The van der Waals surface area contributed by atoms with E-state index in [-0.39, 0.29) is 12.2 Å². The van der Waals surface area contributed by atoms with Crippen molar-refractivity contribution < 1.29 is 14.7 Å². The van der Waals surface area contributed by atoms with Gasteiger partial charge in [0.05, 0.1) is 0 Å². The molecule has 104 valence electrons. The van der Waals surface area contributed by atoms with Gasteiger partial charge in [0.1, 0.15) is 0 Å². The maximum absolute atomic E-state index is 12.0. The molecule has 3 heteroatoms. The lowest BCUT2D eigenvalue weighted by atomic mass is 10.00. The predicted molar refractivity (Wildman–Crippen MR) is 75.6 cm³/mol. The molecule has 0 aliphatic carbocycles. The molecule has 1 N–H and O–H groups in total. The number of rotatable bonds is 8. The Labute approximate surface area is 114 Å². The van der Waals surface area contributed by atoms with Crippen LogP contribution in [0.5, 0.6) is 0 Å². The lowest BCUT2D eigenvalue weighted by Gasteiger charge is -2.04. The standard InChI is InChI=1S/C16H22O3/c1-12-9-10-14(11-13(12)2)15(17)7-5-3-4-6-8-16(18)19/h9-11H,3-8H2,1-2H3,(H,18,19). The first kappa shape index (κ1) is 15.4. The van der Waals surface area contributed by atoms with E-state index >= 15 is 0 Å². The Morgan fingerprint density at radius 3 is 2.16 bits per heavy atom. The van der Waals surface area contributed by atoms with Crippen molar-refractivity contribution in [2.75, 3.05) is 0 Å². The molecule has 1 aromatic carbocycles. The Balaban J connectivity index is 2.27. The molecule has 19 heavy (non-hydrogen) atoms. The van der Waals surface area contributed by atoms with Crippen LogP contribution in [0, 0.1) is 13.8 Å². The monoisotopic (exact) mass is 262 g/mol. The highest BCUT2D eigenvalue weighted by atomic mass is 16.4. The average molecular weight is 262 g/mol. The van der Waals surface area contributed by atoms with E-state index in [9.17, 15) is 9.59 Å². The topological polar surface area (TPSA) is 54.4 Å². The second kappa shape index (κ2) is 7.72. The van der Waals surface area contributed by atoms with Gasteiger partial charge < -0.3 is 5.11 Å². The van der Waals surface area contributed by atoms with Gasteiger partial charge in [-0.2, -0.15) is 0 Å². The van der Waals surface area contributed by atoms with Crippen molar-refractivity contribution in [2.45, 2.75) is 52.4 Å². The van der Waals surface area contributed by atoms with Crippen LogP contribution in [0.4, 0.5) is 0 Å². The van der Waals surface area contributed by atoms with Crippen molar-refractivity contribution in [2.24, 2.45) is 0 Å². The van der Waals surface area contributed by atoms with Gasteiger partial charge in [-0.3, -0.25) is 9.59 Å². The summed E-state index contributed by atoms with van der Waals surface area (Å²) in [4.78, 5) is 22.3. The van der Waals surface area contributed by atoms with E-state index in [1.807, 2.05) is 32.0 Å². The minimum absolute atomic E-state index is 0.182. The fraction of sp³-hybridized carbons (Fsp3) is 0.500. The number of aryl methyl sites for hydroxylation is 2. The molecule has 0 aliphatic rings. The summed E-state index contributed by atoms with van der Waals surface area (Å²) in [7, 11) is 0. The van der Waals surface area contributed by atoms with Crippen molar-refractivity contribution in [1.82, 2.24) is 0 Å². The number of hydrogen-bond donors (Lipinski definition) is 1. The van der Waals surface area contributed by atoms with Gasteiger partial charge in [0, 0.05) is 18.4 Å². The molecule has 0 fully saturated rings. The minimum Gasteiger partial charge on any atom is -0.481 e. The summed E-state index contributed by atoms with van der Waals surface area (Å²) in [5.74, 6) is -0.562. The predicted octanol–water partition coefficient (Wildman–Crippen LogP) is 3.91. The largest absolute Gasteiger partial charge is 0.481 e. The lowest BCUT2D eigenvalue weighted by molar-refractivity contribution is -0.137. The van der Waals surface area contributed by atoms with Crippen LogP contribution in [0.2, 0.25) is 0 Å². The molecule has 0 heterocycles. The third kappa shape index (κ3) is 5.69. The zero-order chi connectivity index (χ0) is 14.3. The summed E-state index contributed by atoms with van der Waals surface area (Å²) >= 11 is 0. The SMILES string of the molecule is Cc1ccc(C(=O)CCCCCCC(=O)O)cc1C. The average Bonchev–Trinajstić information content (AvgIpc) is 2.36. The van der Waals surface area contributed by atoms with Crippen LogP contribution in [0.25, 0.3) is 0 Å². The van der Waals surface area contributed by atoms with Gasteiger partial charge in [-0.05, 0) is 43.9 Å². The van der Waals surface area contributed by atoms with Crippen LogP contribution in [0.3, 0.4) is 0 Å². The molecule has 1 rings (SSSR count). The molecule has 0 bridgehead atoms. The second-order valence-electron chi connectivity index (χ2n) is 5.03. The van der Waals surface area contributed by atoms with Crippen LogP contribution in [-0.4, -0.2) is 16.9 Å². The van der Waals surface area contributed by atoms with Crippen molar-refractivity contribution in [1.29, 1.82) is 0 Å². The van der Waals surface area contributed by atoms with E-state index in [0.29, 0.717) is 12.8 Å². The van der Waals surface area contributed by atoms with Crippen molar-refractivity contribution in [3.05, 3.63) is 34.9 Å². The van der Waals surface area contributed by atoms with Gasteiger partial charge in [-0.15, -0.1) is 0 Å². The van der Waals surface area contributed by atoms with Crippen LogP contribution in [0.1, 0.15) is 60.0 Å². The number of aliphatic carboxylic acids is 1. The van der Waals surface area contributed by atoms with E-state index in [4.69, 9.17) is 5.11 Å². The third-order valence-corrected chi connectivity index (χ3v) is 3.37. The zero-order valence-corrected chi connectivity index (χ0v) is 11.7. The number of hydrogen-bond acceptors (Lipinski definition) is 2. The van der Waals surface area contributed by atoms with E-state index in [2.05, 4.69) is 0 Å². The number of Topliss-reactive ketones (excluding diaryl/α,β-unsaturated/α-hetero) is 1. The number of benzene rings is 1. The fourth-order valence-corrected chi connectivity index (χ4v) is 1.97. The van der Waals surface area contributed by atoms with Crippen molar-refractivity contribution in [3.8, 4) is 0 Å². The number of carboxylic acid groups (broad SMARTS) is 1. The molecule has 0 saturated heterocycles. The Morgan fingerprint density at radius 1 is 0.947 bits per heavy atom. The van der Waals surface area contributed by atoms with Gasteiger partial charge in [0.25, 0.3) is 0 Å². The minimum atomic E-state index is -0.744.